The zero-order chi connectivity index (χ0) is 10.7. The fourth-order valence-corrected chi connectivity index (χ4v) is 1.22. The van der Waals surface area contributed by atoms with Crippen LogP contribution in [-0.2, 0) is 0 Å². The first-order valence-electron chi connectivity index (χ1n) is 3.95. The molecule has 0 aliphatic carbocycles. The molecule has 76 valence electrons. The molecule has 0 saturated carbocycles. The summed E-state index contributed by atoms with van der Waals surface area (Å²) >= 11 is 5.88. The maximum absolute atomic E-state index is 10.6. The first kappa shape index (κ1) is 10.7. The minimum Gasteiger partial charge on any atom is -0.495 e. The molecular weight excluding hydrogens is 204 g/mol. The number of hydrogen-bond donors (Lipinski definition) is 2. The van der Waals surface area contributed by atoms with Crippen molar-refractivity contribution < 1.29 is 9.53 Å². The van der Waals surface area contributed by atoms with Crippen LogP contribution in [0.25, 0.3) is 0 Å². The molecule has 0 aliphatic rings. The summed E-state index contributed by atoms with van der Waals surface area (Å²) in [5.74, 6) is 0.533. The van der Waals surface area contributed by atoms with Crippen LogP contribution in [-0.4, -0.2) is 13.1 Å². The Kier molecular flexibility index (Phi) is 3.19. The summed E-state index contributed by atoms with van der Waals surface area (Å²) in [6, 6.07) is 2.68. The number of rotatable bonds is 2. The number of nitrogens with one attached hydrogen (secondary N) is 1. The lowest BCUT2D eigenvalue weighted by Crippen LogP contribution is -2.19. The van der Waals surface area contributed by atoms with E-state index in [-0.39, 0.29) is 0 Å². The number of hydrogen-bond acceptors (Lipinski definition) is 2. The summed E-state index contributed by atoms with van der Waals surface area (Å²) in [5, 5.41) is 2.97. The number of methoxy groups -OCH3 is 1. The van der Waals surface area contributed by atoms with Crippen LogP contribution in [0.15, 0.2) is 12.1 Å². The van der Waals surface area contributed by atoms with Gasteiger partial charge in [-0.05, 0) is 24.6 Å². The summed E-state index contributed by atoms with van der Waals surface area (Å²) in [7, 11) is 1.51. The van der Waals surface area contributed by atoms with Gasteiger partial charge in [0.05, 0.1) is 12.8 Å². The average molecular weight is 215 g/mol. The highest BCUT2D eigenvalue weighted by Gasteiger charge is 2.07. The van der Waals surface area contributed by atoms with Gasteiger partial charge in [0.2, 0.25) is 0 Å². The lowest BCUT2D eigenvalue weighted by Gasteiger charge is -2.10. The molecule has 4 nitrogen and oxygen atoms in total. The number of benzene rings is 1. The molecule has 0 spiro atoms. The van der Waals surface area contributed by atoms with Crippen molar-refractivity contribution >= 4 is 23.3 Å². The first-order valence-corrected chi connectivity index (χ1v) is 4.33. The van der Waals surface area contributed by atoms with Crippen molar-refractivity contribution in [2.24, 2.45) is 5.73 Å². The van der Waals surface area contributed by atoms with Gasteiger partial charge < -0.3 is 15.8 Å². The Hall–Kier alpha value is -1.42. The number of ether oxygens (including phenoxy) is 1. The third-order valence-corrected chi connectivity index (χ3v) is 2.15. The number of amides is 2. The molecule has 1 rings (SSSR count). The van der Waals surface area contributed by atoms with E-state index in [1.165, 1.54) is 7.11 Å². The molecular formula is C9H11ClN2O2. The Morgan fingerprint density at radius 2 is 2.21 bits per heavy atom. The molecule has 0 saturated heterocycles. The van der Waals surface area contributed by atoms with Crippen LogP contribution in [0.4, 0.5) is 10.5 Å². The fraction of sp³-hybridized carbons (Fsp3) is 0.222. The SMILES string of the molecule is COc1cc(C)c(Cl)cc1NC(N)=O. The zero-order valence-electron chi connectivity index (χ0n) is 7.93. The van der Waals surface area contributed by atoms with Crippen molar-refractivity contribution in [2.75, 3.05) is 12.4 Å². The molecule has 1 aromatic rings. The highest BCUT2D eigenvalue weighted by atomic mass is 35.5. The average Bonchev–Trinajstić information content (AvgIpc) is 2.10. The third-order valence-electron chi connectivity index (χ3n) is 1.74. The largest absolute Gasteiger partial charge is 0.495 e. The number of anilines is 1. The molecule has 0 heterocycles. The van der Waals surface area contributed by atoms with E-state index in [1.54, 1.807) is 12.1 Å². The molecule has 0 aromatic heterocycles. The van der Waals surface area contributed by atoms with E-state index < -0.39 is 6.03 Å². The minimum atomic E-state index is -0.650. The molecule has 0 atom stereocenters. The summed E-state index contributed by atoms with van der Waals surface area (Å²) in [6.45, 7) is 1.85. The Morgan fingerprint density at radius 1 is 1.57 bits per heavy atom. The van der Waals surface area contributed by atoms with Crippen molar-refractivity contribution in [1.29, 1.82) is 0 Å². The number of urea groups is 1. The predicted molar refractivity (Wildman–Crippen MR) is 55.9 cm³/mol. The number of primary amides is 1. The lowest BCUT2D eigenvalue weighted by atomic mass is 10.2. The molecule has 0 fully saturated rings. The number of nitrogens with two attached hydrogens (primary N) is 1. The lowest BCUT2D eigenvalue weighted by molar-refractivity contribution is 0.259. The second-order valence-electron chi connectivity index (χ2n) is 2.79. The van der Waals surface area contributed by atoms with E-state index in [0.717, 1.165) is 5.56 Å². The Balaban J connectivity index is 3.13. The van der Waals surface area contributed by atoms with Crippen molar-refractivity contribution in [3.8, 4) is 5.75 Å². The van der Waals surface area contributed by atoms with E-state index in [4.69, 9.17) is 22.1 Å². The number of carbonyl (C=O) groups is 1. The van der Waals surface area contributed by atoms with Crippen molar-refractivity contribution in [1.82, 2.24) is 0 Å². The molecule has 0 bridgehead atoms. The van der Waals surface area contributed by atoms with Gasteiger partial charge in [0.25, 0.3) is 0 Å². The smallest absolute Gasteiger partial charge is 0.316 e. The summed E-state index contributed by atoms with van der Waals surface area (Å²) in [6.07, 6.45) is 0. The van der Waals surface area contributed by atoms with E-state index in [2.05, 4.69) is 5.32 Å². The maximum Gasteiger partial charge on any atom is 0.316 e. The van der Waals surface area contributed by atoms with E-state index >= 15 is 0 Å². The van der Waals surface area contributed by atoms with Gasteiger partial charge >= 0.3 is 6.03 Å². The van der Waals surface area contributed by atoms with E-state index in [9.17, 15) is 4.79 Å². The third kappa shape index (κ3) is 2.29. The van der Waals surface area contributed by atoms with Gasteiger partial charge in [-0.2, -0.15) is 0 Å². The van der Waals surface area contributed by atoms with Crippen molar-refractivity contribution in [2.45, 2.75) is 6.92 Å². The Labute approximate surface area is 87.0 Å². The van der Waals surface area contributed by atoms with Crippen LogP contribution in [0.2, 0.25) is 5.02 Å². The number of aryl methyl sites for hydroxylation is 1. The van der Waals surface area contributed by atoms with Crippen LogP contribution >= 0.6 is 11.6 Å². The zero-order valence-corrected chi connectivity index (χ0v) is 8.68. The Morgan fingerprint density at radius 3 is 2.71 bits per heavy atom. The van der Waals surface area contributed by atoms with E-state index in [0.29, 0.717) is 16.5 Å². The van der Waals surface area contributed by atoms with E-state index in [1.807, 2.05) is 6.92 Å². The van der Waals surface area contributed by atoms with Crippen molar-refractivity contribution in [3.05, 3.63) is 22.7 Å². The van der Waals surface area contributed by atoms with Crippen LogP contribution in [0.5, 0.6) is 5.75 Å². The summed E-state index contributed by atoms with van der Waals surface area (Å²) < 4.78 is 5.05. The van der Waals surface area contributed by atoms with Gasteiger partial charge in [-0.1, -0.05) is 11.6 Å². The molecule has 14 heavy (non-hydrogen) atoms. The van der Waals surface area contributed by atoms with Gasteiger partial charge in [0, 0.05) is 5.02 Å². The second-order valence-corrected chi connectivity index (χ2v) is 3.20. The first-order chi connectivity index (χ1) is 6.54. The Bertz CT molecular complexity index is 366. The predicted octanol–water partition coefficient (Wildman–Crippen LogP) is 2.15. The van der Waals surface area contributed by atoms with Gasteiger partial charge in [-0.15, -0.1) is 0 Å². The topological polar surface area (TPSA) is 64.3 Å². The molecule has 0 aliphatic heterocycles. The van der Waals surface area contributed by atoms with Gasteiger partial charge in [0.1, 0.15) is 5.75 Å². The van der Waals surface area contributed by atoms with Gasteiger partial charge in [0.15, 0.2) is 0 Å². The van der Waals surface area contributed by atoms with Gasteiger partial charge in [-0.3, -0.25) is 0 Å². The number of carbonyl (C=O) groups excluding carboxylic acids is 1. The van der Waals surface area contributed by atoms with Crippen LogP contribution in [0.1, 0.15) is 5.56 Å². The second kappa shape index (κ2) is 4.19. The summed E-state index contributed by atoms with van der Waals surface area (Å²) in [5.41, 5.74) is 6.33. The minimum absolute atomic E-state index is 0.468. The molecule has 0 unspecified atom stereocenters. The van der Waals surface area contributed by atoms with Crippen LogP contribution in [0, 0.1) is 6.92 Å². The normalized spacial score (nSPS) is 9.64. The molecule has 0 radical (unpaired) electrons. The highest BCUT2D eigenvalue weighted by molar-refractivity contribution is 6.31. The quantitative estimate of drug-likeness (QED) is 0.792. The molecule has 1 aromatic carbocycles. The fourth-order valence-electron chi connectivity index (χ4n) is 1.05. The van der Waals surface area contributed by atoms with Crippen LogP contribution < -0.4 is 15.8 Å². The monoisotopic (exact) mass is 214 g/mol. The van der Waals surface area contributed by atoms with Crippen LogP contribution in [0.3, 0.4) is 0 Å². The van der Waals surface area contributed by atoms with Gasteiger partial charge in [-0.25, -0.2) is 4.79 Å². The molecule has 3 N–H and O–H groups in total. The number of halogens is 1. The highest BCUT2D eigenvalue weighted by Crippen LogP contribution is 2.30. The maximum atomic E-state index is 10.6. The molecule has 2 amide bonds. The van der Waals surface area contributed by atoms with Crippen molar-refractivity contribution in [3.63, 3.8) is 0 Å². The molecule has 5 heteroatoms. The summed E-state index contributed by atoms with van der Waals surface area (Å²) in [4.78, 5) is 10.6. The standard InChI is InChI=1S/C9H11ClN2O2/c1-5-3-8(14-2)7(4-6(5)10)12-9(11)13/h3-4H,1-2H3,(H3,11,12,13).